The maximum Gasteiger partial charge on any atom is 0.166 e. The summed E-state index contributed by atoms with van der Waals surface area (Å²) in [6, 6.07) is 10.1. The van der Waals surface area contributed by atoms with Crippen LogP contribution in [0.4, 0.5) is 5.82 Å². The molecular formula is C18H20N2O. The van der Waals surface area contributed by atoms with E-state index in [9.17, 15) is 4.79 Å². The van der Waals surface area contributed by atoms with Crippen LogP contribution in [0.25, 0.3) is 11.1 Å². The van der Waals surface area contributed by atoms with Gasteiger partial charge in [0.15, 0.2) is 5.78 Å². The van der Waals surface area contributed by atoms with Crippen molar-refractivity contribution < 1.29 is 4.79 Å². The molecule has 1 heterocycles. The molecule has 108 valence electrons. The van der Waals surface area contributed by atoms with Crippen molar-refractivity contribution in [2.24, 2.45) is 5.92 Å². The van der Waals surface area contributed by atoms with Crippen LogP contribution in [-0.4, -0.2) is 17.8 Å². The van der Waals surface area contributed by atoms with Crippen LogP contribution in [0, 0.1) is 12.8 Å². The Balaban J connectivity index is 1.87. The number of pyridine rings is 1. The lowest BCUT2D eigenvalue weighted by atomic mass is 9.79. The van der Waals surface area contributed by atoms with E-state index in [1.807, 2.05) is 44.4 Å². The molecule has 0 radical (unpaired) electrons. The van der Waals surface area contributed by atoms with Crippen LogP contribution in [0.1, 0.15) is 35.2 Å². The molecule has 1 saturated carbocycles. The molecule has 1 fully saturated rings. The molecule has 0 saturated heterocycles. The summed E-state index contributed by atoms with van der Waals surface area (Å²) in [7, 11) is 1.85. The summed E-state index contributed by atoms with van der Waals surface area (Å²) in [6.45, 7) is 2.02. The number of rotatable bonds is 4. The highest BCUT2D eigenvalue weighted by Gasteiger charge is 2.27. The molecule has 0 bridgehead atoms. The van der Waals surface area contributed by atoms with Gasteiger partial charge in [-0.2, -0.15) is 0 Å². The molecule has 1 aromatic carbocycles. The Hall–Kier alpha value is -2.16. The van der Waals surface area contributed by atoms with Crippen LogP contribution in [-0.2, 0) is 0 Å². The lowest BCUT2D eigenvalue weighted by molar-refractivity contribution is 0.0854. The van der Waals surface area contributed by atoms with Gasteiger partial charge in [0, 0.05) is 30.3 Å². The normalized spacial score (nSPS) is 14.6. The second-order valence-corrected chi connectivity index (χ2v) is 5.70. The zero-order valence-electron chi connectivity index (χ0n) is 12.5. The number of ketones is 1. The van der Waals surface area contributed by atoms with E-state index in [-0.39, 0.29) is 5.92 Å². The number of aromatic nitrogens is 1. The summed E-state index contributed by atoms with van der Waals surface area (Å²) in [5.41, 5.74) is 4.11. The number of anilines is 1. The highest BCUT2D eigenvalue weighted by atomic mass is 16.1. The van der Waals surface area contributed by atoms with Gasteiger partial charge in [0.05, 0.1) is 0 Å². The van der Waals surface area contributed by atoms with E-state index in [0.717, 1.165) is 40.9 Å². The van der Waals surface area contributed by atoms with Crippen molar-refractivity contribution in [3.8, 4) is 11.1 Å². The van der Waals surface area contributed by atoms with Gasteiger partial charge in [0.2, 0.25) is 0 Å². The Kier molecular flexibility index (Phi) is 3.74. The molecule has 1 aliphatic rings. The molecule has 0 aliphatic heterocycles. The van der Waals surface area contributed by atoms with E-state index in [1.54, 1.807) is 0 Å². The molecule has 3 heteroatoms. The summed E-state index contributed by atoms with van der Waals surface area (Å²) >= 11 is 0. The van der Waals surface area contributed by atoms with Crippen LogP contribution < -0.4 is 5.32 Å². The Labute approximate surface area is 125 Å². The minimum atomic E-state index is 0.256. The Morgan fingerprint density at radius 3 is 2.48 bits per heavy atom. The number of nitrogens with zero attached hydrogens (tertiary/aromatic N) is 1. The number of aryl methyl sites for hydroxylation is 1. The SMILES string of the molecule is CNc1ccc(-c2ccc(C(=O)C3CCC3)c(C)c2)cn1. The van der Waals surface area contributed by atoms with E-state index in [1.165, 1.54) is 6.42 Å². The molecule has 0 amide bonds. The van der Waals surface area contributed by atoms with Crippen molar-refractivity contribution >= 4 is 11.6 Å². The van der Waals surface area contributed by atoms with Crippen LogP contribution >= 0.6 is 0 Å². The minimum absolute atomic E-state index is 0.256. The molecule has 0 atom stereocenters. The Morgan fingerprint density at radius 2 is 1.95 bits per heavy atom. The number of benzene rings is 1. The highest BCUT2D eigenvalue weighted by Crippen LogP contribution is 2.31. The number of carbonyl (C=O) groups excluding carboxylic acids is 1. The van der Waals surface area contributed by atoms with Crippen molar-refractivity contribution in [1.29, 1.82) is 0 Å². The second-order valence-electron chi connectivity index (χ2n) is 5.70. The van der Waals surface area contributed by atoms with E-state index in [4.69, 9.17) is 0 Å². The molecule has 21 heavy (non-hydrogen) atoms. The van der Waals surface area contributed by atoms with E-state index in [0.29, 0.717) is 5.78 Å². The van der Waals surface area contributed by atoms with Gasteiger partial charge in [-0.15, -0.1) is 0 Å². The molecule has 1 aromatic heterocycles. The summed E-state index contributed by atoms with van der Waals surface area (Å²) in [4.78, 5) is 16.7. The van der Waals surface area contributed by atoms with Gasteiger partial charge < -0.3 is 5.32 Å². The number of hydrogen-bond donors (Lipinski definition) is 1. The predicted octanol–water partition coefficient (Wildman–Crippen LogP) is 4.08. The summed E-state index contributed by atoms with van der Waals surface area (Å²) in [6.07, 6.45) is 5.15. The molecule has 2 aromatic rings. The molecule has 3 rings (SSSR count). The molecule has 3 nitrogen and oxygen atoms in total. The monoisotopic (exact) mass is 280 g/mol. The molecule has 1 aliphatic carbocycles. The Morgan fingerprint density at radius 1 is 1.19 bits per heavy atom. The fourth-order valence-electron chi connectivity index (χ4n) is 2.72. The fraction of sp³-hybridized carbons (Fsp3) is 0.333. The summed E-state index contributed by atoms with van der Waals surface area (Å²) in [5.74, 6) is 1.42. The lowest BCUT2D eigenvalue weighted by Gasteiger charge is -2.24. The van der Waals surface area contributed by atoms with Gasteiger partial charge in [-0.05, 0) is 43.0 Å². The first kappa shape index (κ1) is 13.8. The highest BCUT2D eigenvalue weighted by molar-refractivity contribution is 6.00. The first-order valence-electron chi connectivity index (χ1n) is 7.48. The average Bonchev–Trinajstić information content (AvgIpc) is 2.45. The third-order valence-electron chi connectivity index (χ3n) is 4.32. The molecule has 1 N–H and O–H groups in total. The van der Waals surface area contributed by atoms with Crippen LogP contribution in [0.15, 0.2) is 36.5 Å². The zero-order valence-corrected chi connectivity index (χ0v) is 12.5. The van der Waals surface area contributed by atoms with Gasteiger partial charge >= 0.3 is 0 Å². The van der Waals surface area contributed by atoms with E-state index in [2.05, 4.69) is 16.4 Å². The molecule has 0 unspecified atom stereocenters. The molecular weight excluding hydrogens is 260 g/mol. The minimum Gasteiger partial charge on any atom is -0.373 e. The van der Waals surface area contributed by atoms with Gasteiger partial charge in [0.1, 0.15) is 5.82 Å². The van der Waals surface area contributed by atoms with Gasteiger partial charge in [-0.3, -0.25) is 4.79 Å². The van der Waals surface area contributed by atoms with Crippen molar-refractivity contribution in [3.63, 3.8) is 0 Å². The number of Topliss-reactive ketones (excluding diaryl/α,β-unsaturated/α-hetero) is 1. The van der Waals surface area contributed by atoms with E-state index < -0.39 is 0 Å². The van der Waals surface area contributed by atoms with Gasteiger partial charge in [-0.1, -0.05) is 24.6 Å². The maximum absolute atomic E-state index is 12.4. The van der Waals surface area contributed by atoms with Crippen LogP contribution in [0.2, 0.25) is 0 Å². The quantitative estimate of drug-likeness (QED) is 0.858. The topological polar surface area (TPSA) is 42.0 Å². The van der Waals surface area contributed by atoms with Crippen LogP contribution in [0.5, 0.6) is 0 Å². The third kappa shape index (κ3) is 2.68. The smallest absolute Gasteiger partial charge is 0.166 e. The number of hydrogen-bond acceptors (Lipinski definition) is 3. The van der Waals surface area contributed by atoms with Crippen LogP contribution in [0.3, 0.4) is 0 Å². The molecule has 0 spiro atoms. The lowest BCUT2D eigenvalue weighted by Crippen LogP contribution is -2.22. The predicted molar refractivity (Wildman–Crippen MR) is 85.6 cm³/mol. The maximum atomic E-state index is 12.4. The summed E-state index contributed by atoms with van der Waals surface area (Å²) < 4.78 is 0. The van der Waals surface area contributed by atoms with E-state index >= 15 is 0 Å². The second kappa shape index (κ2) is 5.68. The van der Waals surface area contributed by atoms with Crippen molar-refractivity contribution in [1.82, 2.24) is 4.98 Å². The standard InChI is InChI=1S/C18H20N2O/c1-12-10-14(15-7-9-17(19-2)20-11-15)6-8-16(12)18(21)13-4-3-5-13/h6-11,13H,3-5H2,1-2H3,(H,19,20). The fourth-order valence-corrected chi connectivity index (χ4v) is 2.72. The summed E-state index contributed by atoms with van der Waals surface area (Å²) in [5, 5.41) is 3.01. The van der Waals surface area contributed by atoms with Crippen molar-refractivity contribution in [3.05, 3.63) is 47.7 Å². The average molecular weight is 280 g/mol. The first-order chi connectivity index (χ1) is 10.2. The van der Waals surface area contributed by atoms with Crippen molar-refractivity contribution in [2.45, 2.75) is 26.2 Å². The van der Waals surface area contributed by atoms with Gasteiger partial charge in [-0.25, -0.2) is 4.98 Å². The Bertz CT molecular complexity index is 657. The first-order valence-corrected chi connectivity index (χ1v) is 7.48. The van der Waals surface area contributed by atoms with Gasteiger partial charge in [0.25, 0.3) is 0 Å². The van der Waals surface area contributed by atoms with Crippen molar-refractivity contribution in [2.75, 3.05) is 12.4 Å². The zero-order chi connectivity index (χ0) is 14.8. The number of carbonyl (C=O) groups is 1. The largest absolute Gasteiger partial charge is 0.373 e. The third-order valence-corrected chi connectivity index (χ3v) is 4.32. The number of nitrogens with one attached hydrogen (secondary N) is 1.